The van der Waals surface area contributed by atoms with E-state index in [2.05, 4.69) is 20.6 Å². The minimum atomic E-state index is -0.285. The Balaban J connectivity index is 1.40. The standard InChI is InChI=1S/C21H19ClN4O3S2/c1-28-16-9-14-15(10-17(16)29-2)23-8-7-18(14)30-21-24-11-19(31-21)26-20(27)25-13-5-3-12(22)4-6-13/h3-10,19H,11H2,1-2H3,(H2,25,26,27). The molecule has 1 aromatic heterocycles. The Bertz CT molecular complexity index is 1140. The molecule has 4 rings (SSSR count). The first-order valence-electron chi connectivity index (χ1n) is 9.28. The van der Waals surface area contributed by atoms with Crippen molar-refractivity contribution in [3.63, 3.8) is 0 Å². The van der Waals surface area contributed by atoms with E-state index in [-0.39, 0.29) is 11.4 Å². The van der Waals surface area contributed by atoms with Crippen molar-refractivity contribution in [2.24, 2.45) is 4.99 Å². The molecule has 0 saturated carbocycles. The summed E-state index contributed by atoms with van der Waals surface area (Å²) in [6, 6.07) is 12.4. The second kappa shape index (κ2) is 9.67. The van der Waals surface area contributed by atoms with E-state index in [4.69, 9.17) is 21.1 Å². The average Bonchev–Trinajstić information content (AvgIpc) is 3.21. The smallest absolute Gasteiger partial charge is 0.320 e. The second-order valence-corrected chi connectivity index (χ2v) is 9.37. The van der Waals surface area contributed by atoms with Crippen LogP contribution < -0.4 is 20.1 Å². The molecule has 0 fully saturated rings. The first-order chi connectivity index (χ1) is 15.1. The van der Waals surface area contributed by atoms with Crippen molar-refractivity contribution in [3.8, 4) is 11.5 Å². The van der Waals surface area contributed by atoms with Gasteiger partial charge in [0.15, 0.2) is 11.5 Å². The van der Waals surface area contributed by atoms with Crippen LogP contribution in [0.2, 0.25) is 5.02 Å². The van der Waals surface area contributed by atoms with Gasteiger partial charge in [-0.05, 0) is 36.4 Å². The number of benzene rings is 2. The number of fused-ring (bicyclic) bond motifs is 1. The molecule has 2 N–H and O–H groups in total. The largest absolute Gasteiger partial charge is 0.493 e. The molecule has 7 nitrogen and oxygen atoms in total. The molecule has 31 heavy (non-hydrogen) atoms. The van der Waals surface area contributed by atoms with Crippen LogP contribution in [0.4, 0.5) is 10.5 Å². The van der Waals surface area contributed by atoms with Gasteiger partial charge in [-0.25, -0.2) is 4.79 Å². The van der Waals surface area contributed by atoms with Crippen LogP contribution in [0.1, 0.15) is 0 Å². The van der Waals surface area contributed by atoms with Gasteiger partial charge < -0.3 is 20.1 Å². The molecule has 0 bridgehead atoms. The number of nitrogens with one attached hydrogen (secondary N) is 2. The Morgan fingerprint density at radius 2 is 1.90 bits per heavy atom. The molecule has 0 saturated heterocycles. The van der Waals surface area contributed by atoms with Gasteiger partial charge in [0.1, 0.15) is 9.75 Å². The molecule has 2 aromatic carbocycles. The summed E-state index contributed by atoms with van der Waals surface area (Å²) < 4.78 is 11.7. The molecular formula is C21H19ClN4O3S2. The van der Waals surface area contributed by atoms with Crippen molar-refractivity contribution in [1.82, 2.24) is 10.3 Å². The third-order valence-corrected chi connectivity index (χ3v) is 6.98. The maximum Gasteiger partial charge on any atom is 0.320 e. The summed E-state index contributed by atoms with van der Waals surface area (Å²) in [6.07, 6.45) is 1.76. The van der Waals surface area contributed by atoms with Crippen LogP contribution in [0, 0.1) is 0 Å². The lowest BCUT2D eigenvalue weighted by Gasteiger charge is -2.13. The minimum absolute atomic E-state index is 0.141. The summed E-state index contributed by atoms with van der Waals surface area (Å²) in [4.78, 5) is 22.3. The van der Waals surface area contributed by atoms with Crippen molar-refractivity contribution in [2.45, 2.75) is 10.3 Å². The molecule has 0 aliphatic carbocycles. The molecule has 1 atom stereocenters. The third-order valence-electron chi connectivity index (χ3n) is 4.43. The van der Waals surface area contributed by atoms with Crippen LogP contribution in [-0.4, -0.2) is 41.5 Å². The molecule has 2 amide bonds. The number of urea groups is 1. The number of hydrogen-bond acceptors (Lipinski definition) is 7. The van der Waals surface area contributed by atoms with Gasteiger partial charge in [0, 0.05) is 33.3 Å². The minimum Gasteiger partial charge on any atom is -0.493 e. The van der Waals surface area contributed by atoms with Crippen LogP contribution in [0.25, 0.3) is 10.9 Å². The number of methoxy groups -OCH3 is 2. The highest BCUT2D eigenvalue weighted by molar-refractivity contribution is 8.39. The van der Waals surface area contributed by atoms with Gasteiger partial charge in [0.25, 0.3) is 0 Å². The zero-order valence-electron chi connectivity index (χ0n) is 16.7. The third kappa shape index (κ3) is 5.17. The molecule has 1 unspecified atom stereocenters. The quantitative estimate of drug-likeness (QED) is 0.525. The number of carbonyl (C=O) groups excluding carboxylic acids is 1. The monoisotopic (exact) mass is 474 g/mol. The first-order valence-corrected chi connectivity index (χ1v) is 11.4. The Kier molecular flexibility index (Phi) is 6.74. The fourth-order valence-corrected chi connectivity index (χ4v) is 5.34. The lowest BCUT2D eigenvalue weighted by Crippen LogP contribution is -2.36. The van der Waals surface area contributed by atoms with Gasteiger partial charge in [-0.3, -0.25) is 9.98 Å². The molecule has 3 aromatic rings. The number of rotatable bonds is 5. The van der Waals surface area contributed by atoms with E-state index in [1.807, 2.05) is 18.2 Å². The van der Waals surface area contributed by atoms with Crippen molar-refractivity contribution in [3.05, 3.63) is 53.7 Å². The van der Waals surface area contributed by atoms with Crippen LogP contribution in [0.5, 0.6) is 11.5 Å². The summed E-state index contributed by atoms with van der Waals surface area (Å²) >= 11 is 8.93. The fraction of sp³-hybridized carbons (Fsp3) is 0.190. The average molecular weight is 475 g/mol. The number of nitrogens with zero attached hydrogens (tertiary/aromatic N) is 2. The maximum absolute atomic E-state index is 12.3. The number of hydrogen-bond donors (Lipinski definition) is 2. The number of carbonyl (C=O) groups is 1. The highest BCUT2D eigenvalue weighted by Gasteiger charge is 2.23. The Labute approximate surface area is 193 Å². The number of aliphatic imine (C=N–C) groups is 1. The highest BCUT2D eigenvalue weighted by atomic mass is 35.5. The summed E-state index contributed by atoms with van der Waals surface area (Å²) in [5.41, 5.74) is 1.48. The molecule has 160 valence electrons. The molecule has 0 radical (unpaired) electrons. The van der Waals surface area contributed by atoms with E-state index in [1.165, 1.54) is 23.5 Å². The number of halogens is 1. The van der Waals surface area contributed by atoms with Gasteiger partial charge in [0.2, 0.25) is 0 Å². The predicted molar refractivity (Wildman–Crippen MR) is 128 cm³/mol. The highest BCUT2D eigenvalue weighted by Crippen LogP contribution is 2.39. The van der Waals surface area contributed by atoms with Gasteiger partial charge in [0.05, 0.1) is 26.3 Å². The van der Waals surface area contributed by atoms with Crippen LogP contribution in [-0.2, 0) is 0 Å². The van der Waals surface area contributed by atoms with E-state index in [1.54, 1.807) is 44.7 Å². The number of pyridine rings is 1. The first kappa shape index (κ1) is 21.6. The van der Waals surface area contributed by atoms with E-state index in [0.717, 1.165) is 20.2 Å². The van der Waals surface area contributed by atoms with E-state index < -0.39 is 0 Å². The Hall–Kier alpha value is -2.62. The molecule has 0 spiro atoms. The van der Waals surface area contributed by atoms with Crippen molar-refractivity contribution in [1.29, 1.82) is 0 Å². The summed E-state index contributed by atoms with van der Waals surface area (Å²) in [6.45, 7) is 0.501. The molecule has 2 heterocycles. The van der Waals surface area contributed by atoms with Crippen LogP contribution in [0.15, 0.2) is 58.5 Å². The SMILES string of the molecule is COc1cc2nccc(SC3=NCC(NC(=O)Nc4ccc(Cl)cc4)S3)c2cc1OC. The summed E-state index contributed by atoms with van der Waals surface area (Å²) in [5.74, 6) is 1.28. The number of anilines is 1. The Morgan fingerprint density at radius 3 is 2.65 bits per heavy atom. The van der Waals surface area contributed by atoms with Crippen LogP contribution in [0.3, 0.4) is 0 Å². The molecular weight excluding hydrogens is 456 g/mol. The molecule has 10 heteroatoms. The predicted octanol–water partition coefficient (Wildman–Crippen LogP) is 5.25. The van der Waals surface area contributed by atoms with Crippen molar-refractivity contribution in [2.75, 3.05) is 26.1 Å². The van der Waals surface area contributed by atoms with E-state index >= 15 is 0 Å². The Morgan fingerprint density at radius 1 is 1.16 bits per heavy atom. The second-order valence-electron chi connectivity index (χ2n) is 6.45. The van der Waals surface area contributed by atoms with Gasteiger partial charge in [-0.1, -0.05) is 35.1 Å². The zero-order valence-corrected chi connectivity index (χ0v) is 19.1. The maximum atomic E-state index is 12.3. The van der Waals surface area contributed by atoms with Gasteiger partial charge in [-0.15, -0.1) is 0 Å². The fourth-order valence-electron chi connectivity index (χ4n) is 2.96. The molecule has 1 aliphatic rings. The van der Waals surface area contributed by atoms with E-state index in [0.29, 0.717) is 28.8 Å². The van der Waals surface area contributed by atoms with Crippen molar-refractivity contribution < 1.29 is 14.3 Å². The number of ether oxygens (including phenoxy) is 2. The number of amides is 2. The number of aromatic nitrogens is 1. The zero-order chi connectivity index (χ0) is 21.8. The summed E-state index contributed by atoms with van der Waals surface area (Å²) in [5, 5.41) is 7.15. The number of thioether (sulfide) groups is 2. The van der Waals surface area contributed by atoms with Gasteiger partial charge >= 0.3 is 6.03 Å². The van der Waals surface area contributed by atoms with Crippen molar-refractivity contribution >= 4 is 62.1 Å². The normalized spacial score (nSPS) is 15.5. The lowest BCUT2D eigenvalue weighted by atomic mass is 10.2. The lowest BCUT2D eigenvalue weighted by molar-refractivity contribution is 0.251. The van der Waals surface area contributed by atoms with E-state index in [9.17, 15) is 4.79 Å². The summed E-state index contributed by atoms with van der Waals surface area (Å²) in [7, 11) is 3.21. The van der Waals surface area contributed by atoms with Gasteiger partial charge in [-0.2, -0.15) is 0 Å². The topological polar surface area (TPSA) is 84.8 Å². The van der Waals surface area contributed by atoms with Crippen LogP contribution >= 0.6 is 35.1 Å². The molecule has 1 aliphatic heterocycles.